The fraction of sp³-hybridized carbons (Fsp3) is 0.0526. The van der Waals surface area contributed by atoms with Crippen LogP contribution in [0.25, 0.3) is 21.7 Å². The molecule has 5 nitrogen and oxygen atoms in total. The molecule has 0 aliphatic carbocycles. The molecular formula is C19H11ClFN5S. The highest BCUT2D eigenvalue weighted by atomic mass is 35.5. The van der Waals surface area contributed by atoms with Gasteiger partial charge in [-0.15, -0.1) is 5.10 Å². The van der Waals surface area contributed by atoms with E-state index < -0.39 is 5.82 Å². The zero-order chi connectivity index (χ0) is 18.4. The van der Waals surface area contributed by atoms with Gasteiger partial charge in [0.15, 0.2) is 0 Å². The summed E-state index contributed by atoms with van der Waals surface area (Å²) >= 11 is 7.57. The Morgan fingerprint density at radius 1 is 1.04 bits per heavy atom. The molecule has 2 aromatic carbocycles. The van der Waals surface area contributed by atoms with Gasteiger partial charge in [-0.05, 0) is 34.9 Å². The van der Waals surface area contributed by atoms with Crippen LogP contribution in [0.5, 0.6) is 0 Å². The Labute approximate surface area is 162 Å². The fourth-order valence-corrected chi connectivity index (χ4v) is 4.18. The van der Waals surface area contributed by atoms with E-state index in [2.05, 4.69) is 26.1 Å². The lowest BCUT2D eigenvalue weighted by molar-refractivity contribution is 0.628. The second-order valence-corrected chi connectivity index (χ2v) is 7.29. The van der Waals surface area contributed by atoms with Crippen molar-refractivity contribution in [2.75, 3.05) is 11.9 Å². The first-order valence-electron chi connectivity index (χ1n) is 8.14. The van der Waals surface area contributed by atoms with Gasteiger partial charge >= 0.3 is 0 Å². The van der Waals surface area contributed by atoms with E-state index in [1.54, 1.807) is 17.4 Å². The number of thiophene rings is 1. The van der Waals surface area contributed by atoms with Crippen LogP contribution in [0.15, 0.2) is 62.6 Å². The Bertz CT molecular complexity index is 1240. The van der Waals surface area contributed by atoms with Crippen molar-refractivity contribution in [3.8, 4) is 0 Å². The van der Waals surface area contributed by atoms with Gasteiger partial charge < -0.3 is 5.32 Å². The van der Waals surface area contributed by atoms with Crippen molar-refractivity contribution in [2.45, 2.75) is 0 Å². The predicted molar refractivity (Wildman–Crippen MR) is 108 cm³/mol. The molecular weight excluding hydrogens is 385 g/mol. The molecule has 1 aliphatic heterocycles. The summed E-state index contributed by atoms with van der Waals surface area (Å²) in [7, 11) is 0. The summed E-state index contributed by atoms with van der Waals surface area (Å²) < 4.78 is 13.7. The number of benzene rings is 2. The lowest BCUT2D eigenvalue weighted by atomic mass is 10.0. The SMILES string of the molecule is Fc1cc(Cl)cc(Nc2nc3cc(C4=NN=NC4)ccc3c3cscc23)c1. The maximum absolute atomic E-state index is 13.7. The van der Waals surface area contributed by atoms with Gasteiger partial charge in [-0.25, -0.2) is 9.37 Å². The number of anilines is 2. The van der Waals surface area contributed by atoms with Crippen molar-refractivity contribution in [3.63, 3.8) is 0 Å². The zero-order valence-electron chi connectivity index (χ0n) is 13.8. The monoisotopic (exact) mass is 395 g/mol. The molecule has 0 amide bonds. The van der Waals surface area contributed by atoms with E-state index in [4.69, 9.17) is 16.6 Å². The van der Waals surface area contributed by atoms with E-state index in [1.807, 2.05) is 23.6 Å². The number of nitrogens with zero attached hydrogens (tertiary/aromatic N) is 4. The molecule has 0 spiro atoms. The Morgan fingerprint density at radius 2 is 1.93 bits per heavy atom. The number of hydrogen-bond acceptors (Lipinski definition) is 6. The second kappa shape index (κ2) is 6.37. The third-order valence-corrected chi connectivity index (χ3v) is 5.31. The minimum atomic E-state index is -0.401. The van der Waals surface area contributed by atoms with E-state index in [0.29, 0.717) is 23.1 Å². The van der Waals surface area contributed by atoms with E-state index in [1.165, 1.54) is 12.1 Å². The van der Waals surface area contributed by atoms with Gasteiger partial charge in [-0.2, -0.15) is 16.5 Å². The third kappa shape index (κ3) is 2.94. The summed E-state index contributed by atoms with van der Waals surface area (Å²) in [5, 5.41) is 22.4. The molecule has 0 bridgehead atoms. The standard InChI is InChI=1S/C19H11ClFN5S/c20-11-4-12(21)6-13(5-11)23-19-16-9-27-8-15(16)14-2-1-10(3-17(14)24-19)18-7-22-26-25-18/h1-6,8-9H,7H2,(H,23,24). The van der Waals surface area contributed by atoms with Crippen molar-refractivity contribution in [1.29, 1.82) is 0 Å². The maximum Gasteiger partial charge on any atom is 0.139 e. The Hall–Kier alpha value is -2.90. The Kier molecular flexibility index (Phi) is 3.84. The third-order valence-electron chi connectivity index (χ3n) is 4.34. The quantitative estimate of drug-likeness (QED) is 0.451. The summed E-state index contributed by atoms with van der Waals surface area (Å²) in [4.78, 5) is 4.78. The molecule has 8 heteroatoms. The number of pyridine rings is 1. The van der Waals surface area contributed by atoms with Crippen LogP contribution in [0.3, 0.4) is 0 Å². The highest BCUT2D eigenvalue weighted by Gasteiger charge is 2.13. The molecule has 2 aromatic heterocycles. The van der Waals surface area contributed by atoms with Gasteiger partial charge in [-0.3, -0.25) is 0 Å². The van der Waals surface area contributed by atoms with Crippen molar-refractivity contribution < 1.29 is 4.39 Å². The average Bonchev–Trinajstić information content (AvgIpc) is 3.33. The van der Waals surface area contributed by atoms with Crippen LogP contribution in [0.1, 0.15) is 5.56 Å². The molecule has 4 aromatic rings. The molecule has 0 radical (unpaired) electrons. The summed E-state index contributed by atoms with van der Waals surface area (Å²) in [6.45, 7) is 0.471. The molecule has 27 heavy (non-hydrogen) atoms. The van der Waals surface area contributed by atoms with Gasteiger partial charge in [0, 0.05) is 37.8 Å². The van der Waals surface area contributed by atoms with Gasteiger partial charge in [-0.1, -0.05) is 23.7 Å². The lowest BCUT2D eigenvalue weighted by Gasteiger charge is -2.11. The first kappa shape index (κ1) is 16.3. The molecule has 0 atom stereocenters. The Balaban J connectivity index is 1.66. The Morgan fingerprint density at radius 3 is 2.74 bits per heavy atom. The number of fused-ring (bicyclic) bond motifs is 3. The molecule has 132 valence electrons. The van der Waals surface area contributed by atoms with Gasteiger partial charge in [0.1, 0.15) is 18.2 Å². The van der Waals surface area contributed by atoms with Crippen molar-refractivity contribution in [1.82, 2.24) is 4.98 Å². The van der Waals surface area contributed by atoms with Crippen LogP contribution in [0.4, 0.5) is 15.9 Å². The summed E-state index contributed by atoms with van der Waals surface area (Å²) in [6.07, 6.45) is 0. The minimum Gasteiger partial charge on any atom is -0.340 e. The summed E-state index contributed by atoms with van der Waals surface area (Å²) in [5.74, 6) is 0.252. The topological polar surface area (TPSA) is 62.0 Å². The van der Waals surface area contributed by atoms with Gasteiger partial charge in [0.05, 0.1) is 11.2 Å². The zero-order valence-corrected chi connectivity index (χ0v) is 15.4. The van der Waals surface area contributed by atoms with Crippen LogP contribution in [-0.2, 0) is 0 Å². The first-order chi connectivity index (χ1) is 13.2. The highest BCUT2D eigenvalue weighted by molar-refractivity contribution is 7.09. The average molecular weight is 396 g/mol. The molecule has 0 saturated heterocycles. The van der Waals surface area contributed by atoms with E-state index in [9.17, 15) is 4.39 Å². The van der Waals surface area contributed by atoms with Crippen LogP contribution >= 0.6 is 22.9 Å². The molecule has 5 rings (SSSR count). The first-order valence-corrected chi connectivity index (χ1v) is 9.46. The number of nitrogens with one attached hydrogen (secondary N) is 1. The summed E-state index contributed by atoms with van der Waals surface area (Å²) in [5.41, 5.74) is 3.12. The number of rotatable bonds is 3. The minimum absolute atomic E-state index is 0.328. The molecule has 1 N–H and O–H groups in total. The lowest BCUT2D eigenvalue weighted by Crippen LogP contribution is -2.02. The van der Waals surface area contributed by atoms with Gasteiger partial charge in [0.2, 0.25) is 0 Å². The number of hydrogen-bond donors (Lipinski definition) is 1. The highest BCUT2D eigenvalue weighted by Crippen LogP contribution is 2.34. The fourth-order valence-electron chi connectivity index (χ4n) is 3.12. The van der Waals surface area contributed by atoms with E-state index >= 15 is 0 Å². The molecule has 0 saturated carbocycles. The van der Waals surface area contributed by atoms with Crippen molar-refractivity contribution in [2.24, 2.45) is 15.4 Å². The largest absolute Gasteiger partial charge is 0.340 e. The van der Waals surface area contributed by atoms with Crippen LogP contribution < -0.4 is 5.32 Å². The van der Waals surface area contributed by atoms with Gasteiger partial charge in [0.25, 0.3) is 0 Å². The number of halogens is 2. The number of aromatic nitrogens is 1. The normalized spacial score (nSPS) is 13.5. The van der Waals surface area contributed by atoms with Crippen molar-refractivity contribution >= 4 is 61.8 Å². The molecule has 1 aliphatic rings. The van der Waals surface area contributed by atoms with E-state index in [0.717, 1.165) is 33.0 Å². The molecule has 3 heterocycles. The van der Waals surface area contributed by atoms with Crippen LogP contribution in [-0.4, -0.2) is 17.2 Å². The predicted octanol–water partition coefficient (Wildman–Crippen LogP) is 6.16. The van der Waals surface area contributed by atoms with Crippen LogP contribution in [0, 0.1) is 5.82 Å². The molecule has 0 unspecified atom stereocenters. The van der Waals surface area contributed by atoms with Crippen LogP contribution in [0.2, 0.25) is 5.02 Å². The second-order valence-electron chi connectivity index (χ2n) is 6.11. The summed E-state index contributed by atoms with van der Waals surface area (Å²) in [6, 6.07) is 10.4. The van der Waals surface area contributed by atoms with Crippen molar-refractivity contribution in [3.05, 3.63) is 63.6 Å². The molecule has 0 fully saturated rings. The smallest absolute Gasteiger partial charge is 0.139 e. The van der Waals surface area contributed by atoms with E-state index in [-0.39, 0.29) is 0 Å². The maximum atomic E-state index is 13.7.